The molecule has 0 saturated heterocycles. The Morgan fingerprint density at radius 1 is 0.750 bits per heavy atom. The Hall–Kier alpha value is -4.02. The van der Waals surface area contributed by atoms with E-state index in [1.54, 1.807) is 17.4 Å². The predicted octanol–water partition coefficient (Wildman–Crippen LogP) is 11.6. The minimum absolute atomic E-state index is 0. The normalized spacial score (nSPS) is 13.1. The summed E-state index contributed by atoms with van der Waals surface area (Å²) >= 11 is 1.59. The second kappa shape index (κ2) is 15.9. The van der Waals surface area contributed by atoms with Gasteiger partial charge in [-0.1, -0.05) is 91.6 Å². The van der Waals surface area contributed by atoms with Crippen molar-refractivity contribution in [3.8, 4) is 22.5 Å². The molecule has 8 rings (SSSR count). The molecule has 48 heavy (non-hydrogen) atoms. The van der Waals surface area contributed by atoms with Gasteiger partial charge >= 0.3 is 0 Å². The molecule has 243 valence electrons. The first kappa shape index (κ1) is 33.9. The quantitative estimate of drug-likeness (QED) is 0.156. The van der Waals surface area contributed by atoms with E-state index in [1.807, 2.05) is 48.8 Å². The van der Waals surface area contributed by atoms with Gasteiger partial charge in [0, 0.05) is 37.2 Å². The van der Waals surface area contributed by atoms with Crippen molar-refractivity contribution in [2.24, 2.45) is 5.92 Å². The van der Waals surface area contributed by atoms with Crippen LogP contribution in [0.4, 0.5) is 4.39 Å². The van der Waals surface area contributed by atoms with Crippen LogP contribution in [-0.4, -0.2) is 9.97 Å². The maximum absolute atomic E-state index is 13.5. The summed E-state index contributed by atoms with van der Waals surface area (Å²) in [4.78, 5) is 9.12. The van der Waals surface area contributed by atoms with Gasteiger partial charge in [-0.15, -0.1) is 59.7 Å². The van der Waals surface area contributed by atoms with Crippen LogP contribution in [0.25, 0.3) is 42.7 Å². The van der Waals surface area contributed by atoms with E-state index in [0.29, 0.717) is 0 Å². The minimum Gasteiger partial charge on any atom is -0.305 e. The average molecular weight is 825 g/mol. The summed E-state index contributed by atoms with van der Waals surface area (Å²) in [5.41, 5.74) is 9.32. The van der Waals surface area contributed by atoms with E-state index in [2.05, 4.69) is 83.6 Å². The number of thiophene rings is 1. The van der Waals surface area contributed by atoms with Crippen LogP contribution in [0.3, 0.4) is 0 Å². The Morgan fingerprint density at radius 3 is 2.38 bits per heavy atom. The van der Waals surface area contributed by atoms with Crippen LogP contribution in [0, 0.1) is 30.8 Å². The second-order valence-electron chi connectivity index (χ2n) is 12.6. The van der Waals surface area contributed by atoms with E-state index in [9.17, 15) is 4.39 Å². The summed E-state index contributed by atoms with van der Waals surface area (Å²) in [5, 5.41) is 2.20. The summed E-state index contributed by atoms with van der Waals surface area (Å²) in [6.07, 6.45) is 13.0. The smallest absolute Gasteiger partial charge is 0.124 e. The molecule has 7 aromatic rings. The summed E-state index contributed by atoms with van der Waals surface area (Å²) in [6, 6.07) is 40.6. The van der Waals surface area contributed by atoms with E-state index in [0.717, 1.165) is 55.0 Å². The number of aromatic nitrogens is 2. The van der Waals surface area contributed by atoms with Crippen molar-refractivity contribution in [2.45, 2.75) is 51.9 Å². The molecule has 1 fully saturated rings. The number of hydrogen-bond donors (Lipinski definition) is 0. The van der Waals surface area contributed by atoms with Crippen LogP contribution in [0.2, 0.25) is 0 Å². The number of aryl methyl sites for hydroxylation is 1. The van der Waals surface area contributed by atoms with E-state index >= 15 is 0 Å². The molecule has 0 aliphatic heterocycles. The Labute approximate surface area is 300 Å². The topological polar surface area (TPSA) is 25.8 Å². The fourth-order valence-corrected chi connectivity index (χ4v) is 7.69. The molecule has 1 radical (unpaired) electrons. The molecule has 0 amide bonds. The molecule has 0 atom stereocenters. The number of pyridine rings is 2. The van der Waals surface area contributed by atoms with E-state index < -0.39 is 0 Å². The number of halogens is 1. The zero-order chi connectivity index (χ0) is 32.0. The number of hydrogen-bond acceptors (Lipinski definition) is 3. The molecule has 1 aliphatic rings. The van der Waals surface area contributed by atoms with Crippen LogP contribution in [0.15, 0.2) is 116 Å². The maximum Gasteiger partial charge on any atom is 0.124 e. The Morgan fingerprint density at radius 2 is 1.56 bits per heavy atom. The first-order valence-electron chi connectivity index (χ1n) is 16.5. The Bertz CT molecular complexity index is 2100. The molecule has 2 nitrogen and oxygen atoms in total. The van der Waals surface area contributed by atoms with Gasteiger partial charge in [-0.25, -0.2) is 4.39 Å². The molecule has 5 heteroatoms. The van der Waals surface area contributed by atoms with E-state index in [4.69, 9.17) is 0 Å². The third kappa shape index (κ3) is 8.15. The van der Waals surface area contributed by atoms with Gasteiger partial charge in [-0.3, -0.25) is 0 Å². The van der Waals surface area contributed by atoms with Crippen molar-refractivity contribution in [1.29, 1.82) is 0 Å². The van der Waals surface area contributed by atoms with Crippen molar-refractivity contribution in [3.63, 3.8) is 0 Å². The van der Waals surface area contributed by atoms with Crippen molar-refractivity contribution in [3.05, 3.63) is 156 Å². The second-order valence-corrected chi connectivity index (χ2v) is 13.6. The Kier molecular flexibility index (Phi) is 11.2. The fourth-order valence-electron chi connectivity index (χ4n) is 6.59. The summed E-state index contributed by atoms with van der Waals surface area (Å²) in [6.45, 7) is 2.18. The summed E-state index contributed by atoms with van der Waals surface area (Å²) in [7, 11) is 0. The number of benzene rings is 4. The SMILES string of the molecule is Cc1cnc(-c2[c-]cccc2)cc1CC1CCCCC1.Fc1ccc2c(c1)sc1c[c-]c(-c3cc(Cc4ccccc4)ccn3)cc12.[Ir]. The van der Waals surface area contributed by atoms with Gasteiger partial charge < -0.3 is 9.97 Å². The molecule has 0 unspecified atom stereocenters. The molecule has 0 spiro atoms. The monoisotopic (exact) mass is 825 g/mol. The third-order valence-corrected chi connectivity index (χ3v) is 10.3. The molecule has 0 bridgehead atoms. The third-order valence-electron chi connectivity index (χ3n) is 9.15. The average Bonchev–Trinajstić information content (AvgIpc) is 3.48. The van der Waals surface area contributed by atoms with Crippen LogP contribution in [0.5, 0.6) is 0 Å². The molecule has 1 aliphatic carbocycles. The zero-order valence-electron chi connectivity index (χ0n) is 27.0. The predicted molar refractivity (Wildman–Crippen MR) is 194 cm³/mol. The van der Waals surface area contributed by atoms with Gasteiger partial charge in [0.05, 0.1) is 0 Å². The van der Waals surface area contributed by atoms with Gasteiger partial charge in [0.15, 0.2) is 0 Å². The minimum atomic E-state index is -0.200. The molecule has 4 aromatic carbocycles. The maximum atomic E-state index is 13.5. The van der Waals surface area contributed by atoms with E-state index in [1.165, 1.54) is 66.8 Å². The van der Waals surface area contributed by atoms with Gasteiger partial charge in [0.25, 0.3) is 0 Å². The summed E-state index contributed by atoms with van der Waals surface area (Å²) in [5.74, 6) is 0.672. The zero-order valence-corrected chi connectivity index (χ0v) is 30.2. The molecule has 3 aromatic heterocycles. The van der Waals surface area contributed by atoms with Gasteiger partial charge in [0.1, 0.15) is 5.82 Å². The van der Waals surface area contributed by atoms with Crippen molar-refractivity contribution < 1.29 is 24.5 Å². The molecular weight excluding hydrogens is 788 g/mol. The standard InChI is InChI=1S/C24H15FNS.C19H22N.Ir/c25-19-7-8-20-21-14-18(6-9-23(21)27-24(20)15-19)22-13-17(10-11-26-22)12-16-4-2-1-3-5-16;1-15-14-20-19(17-10-6-3-7-11-17)13-18(15)12-16-8-4-2-5-9-16;/h1-5,7-11,13-15H,12H2;3,6-7,10,13-14,16H,2,4-5,8-9,12H2,1H3;/q2*-1;. The van der Waals surface area contributed by atoms with Crippen molar-refractivity contribution in [2.75, 3.05) is 0 Å². The number of rotatable bonds is 6. The van der Waals surface area contributed by atoms with Crippen molar-refractivity contribution in [1.82, 2.24) is 9.97 Å². The Balaban J connectivity index is 0.000000171. The van der Waals surface area contributed by atoms with Gasteiger partial charge in [-0.2, -0.15) is 11.3 Å². The van der Waals surface area contributed by atoms with Crippen LogP contribution in [-0.2, 0) is 32.9 Å². The van der Waals surface area contributed by atoms with Gasteiger partial charge in [0.2, 0.25) is 0 Å². The van der Waals surface area contributed by atoms with E-state index in [-0.39, 0.29) is 25.9 Å². The molecule has 1 saturated carbocycles. The molecule has 0 N–H and O–H groups in total. The summed E-state index contributed by atoms with van der Waals surface area (Å²) < 4.78 is 15.6. The number of fused-ring (bicyclic) bond motifs is 3. The van der Waals surface area contributed by atoms with Crippen LogP contribution >= 0.6 is 11.3 Å². The molecule has 3 heterocycles. The van der Waals surface area contributed by atoms with Gasteiger partial charge in [-0.05, 0) is 82.0 Å². The van der Waals surface area contributed by atoms with Crippen LogP contribution < -0.4 is 0 Å². The fraction of sp³-hybridized carbons (Fsp3) is 0.209. The van der Waals surface area contributed by atoms with Crippen molar-refractivity contribution >= 4 is 31.5 Å². The first-order valence-corrected chi connectivity index (χ1v) is 17.4. The van der Waals surface area contributed by atoms with Crippen LogP contribution in [0.1, 0.15) is 54.4 Å². The molecular formula is C43H37FIrN2S-2. The number of nitrogens with zero attached hydrogens (tertiary/aromatic N) is 2. The first-order chi connectivity index (χ1) is 23.1. The largest absolute Gasteiger partial charge is 0.305 e.